The lowest BCUT2D eigenvalue weighted by Crippen LogP contribution is -2.17. The molecule has 0 saturated heterocycles. The van der Waals surface area contributed by atoms with E-state index in [0.29, 0.717) is 28.2 Å². The quantitative estimate of drug-likeness (QED) is 0.216. The molecule has 0 aliphatic carbocycles. The molecule has 0 bridgehead atoms. The van der Waals surface area contributed by atoms with Crippen molar-refractivity contribution in [1.82, 2.24) is 15.6 Å². The highest BCUT2D eigenvalue weighted by molar-refractivity contribution is 5.95. The first-order chi connectivity index (χ1) is 16.5. The van der Waals surface area contributed by atoms with Crippen LogP contribution in [-0.2, 0) is 0 Å². The Kier molecular flexibility index (Phi) is 6.40. The van der Waals surface area contributed by atoms with Gasteiger partial charge in [-0.1, -0.05) is 0 Å². The van der Waals surface area contributed by atoms with Gasteiger partial charge in [-0.25, -0.2) is 5.43 Å². The van der Waals surface area contributed by atoms with Crippen molar-refractivity contribution in [2.75, 3.05) is 14.2 Å². The summed E-state index contributed by atoms with van der Waals surface area (Å²) < 4.78 is 16.4. The molecule has 0 fully saturated rings. The molecule has 4 rings (SSSR count). The van der Waals surface area contributed by atoms with Gasteiger partial charge < -0.3 is 24.1 Å². The number of hydrogen-bond acceptors (Lipinski definition) is 9. The molecule has 3 aromatic carbocycles. The van der Waals surface area contributed by atoms with Gasteiger partial charge >= 0.3 is 0 Å². The average molecular weight is 460 g/mol. The van der Waals surface area contributed by atoms with E-state index in [2.05, 4.69) is 20.7 Å². The zero-order valence-electron chi connectivity index (χ0n) is 18.2. The molecule has 172 valence electrons. The van der Waals surface area contributed by atoms with E-state index in [1.165, 1.54) is 31.5 Å². The molecule has 1 amide bonds. The zero-order chi connectivity index (χ0) is 24.1. The van der Waals surface area contributed by atoms with Gasteiger partial charge in [0, 0.05) is 22.8 Å². The van der Waals surface area contributed by atoms with Crippen LogP contribution in [-0.4, -0.2) is 46.8 Å². The van der Waals surface area contributed by atoms with E-state index in [0.717, 1.165) is 0 Å². The van der Waals surface area contributed by atoms with Crippen molar-refractivity contribution in [2.45, 2.75) is 0 Å². The van der Waals surface area contributed by atoms with Gasteiger partial charge in [0.2, 0.25) is 5.89 Å². The molecule has 1 heterocycles. The molecule has 4 aromatic rings. The van der Waals surface area contributed by atoms with Crippen molar-refractivity contribution in [3.8, 4) is 45.9 Å². The Balaban J connectivity index is 1.46. The Morgan fingerprint density at radius 2 is 1.74 bits per heavy atom. The van der Waals surface area contributed by atoms with Crippen LogP contribution in [0.25, 0.3) is 22.9 Å². The monoisotopic (exact) mass is 460 g/mol. The van der Waals surface area contributed by atoms with Crippen LogP contribution in [0.2, 0.25) is 0 Å². The lowest BCUT2D eigenvalue weighted by molar-refractivity contribution is 0.0955. The Labute approximate surface area is 194 Å². The maximum Gasteiger partial charge on any atom is 0.271 e. The van der Waals surface area contributed by atoms with Gasteiger partial charge in [-0.15, -0.1) is 10.2 Å². The maximum absolute atomic E-state index is 12.3. The highest BCUT2D eigenvalue weighted by atomic mass is 16.5. The number of carbonyl (C=O) groups excluding carboxylic acids is 1. The Morgan fingerprint density at radius 1 is 0.971 bits per heavy atom. The fourth-order valence-electron chi connectivity index (χ4n) is 3.06. The summed E-state index contributed by atoms with van der Waals surface area (Å²) in [6.07, 6.45) is 1.23. The molecule has 0 atom stereocenters. The number of hydrazone groups is 1. The molecule has 34 heavy (non-hydrogen) atoms. The van der Waals surface area contributed by atoms with Crippen LogP contribution in [0.3, 0.4) is 0 Å². The van der Waals surface area contributed by atoms with Crippen LogP contribution in [0.4, 0.5) is 0 Å². The number of phenols is 2. The Bertz CT molecular complexity index is 1350. The summed E-state index contributed by atoms with van der Waals surface area (Å²) in [5.41, 5.74) is 4.21. The van der Waals surface area contributed by atoms with E-state index >= 15 is 0 Å². The van der Waals surface area contributed by atoms with Gasteiger partial charge in [0.25, 0.3) is 11.8 Å². The minimum atomic E-state index is -0.461. The first-order valence-corrected chi connectivity index (χ1v) is 10.00. The predicted molar refractivity (Wildman–Crippen MR) is 123 cm³/mol. The number of carbonyl (C=O) groups is 1. The second-order valence-electron chi connectivity index (χ2n) is 7.00. The van der Waals surface area contributed by atoms with Crippen LogP contribution in [0, 0.1) is 0 Å². The smallest absolute Gasteiger partial charge is 0.271 e. The van der Waals surface area contributed by atoms with Crippen molar-refractivity contribution in [2.24, 2.45) is 5.10 Å². The summed E-state index contributed by atoms with van der Waals surface area (Å²) in [5, 5.41) is 31.2. The first kappa shape index (κ1) is 22.3. The van der Waals surface area contributed by atoms with Crippen LogP contribution in [0.15, 0.2) is 70.2 Å². The van der Waals surface area contributed by atoms with Gasteiger partial charge in [-0.3, -0.25) is 4.79 Å². The fourth-order valence-corrected chi connectivity index (χ4v) is 3.06. The standard InChI is InChI=1S/C24H20N4O6/c1-32-18-8-9-19(21(12-18)33-2)24-28-27-23(34-24)15-5-3-14(4-6-15)22(31)26-25-13-16-11-17(29)7-10-20(16)30/h3-13,29-30H,1-2H3,(H,26,31)/b25-13+. The molecule has 0 aliphatic rings. The molecular weight excluding hydrogens is 440 g/mol. The van der Waals surface area contributed by atoms with Gasteiger partial charge in [0.05, 0.1) is 26.0 Å². The number of hydrogen-bond donors (Lipinski definition) is 3. The SMILES string of the molecule is COc1ccc(-c2nnc(-c3ccc(C(=O)N/N=C/c4cc(O)ccc4O)cc3)o2)c(OC)c1. The summed E-state index contributed by atoms with van der Waals surface area (Å²) >= 11 is 0. The second-order valence-corrected chi connectivity index (χ2v) is 7.00. The van der Waals surface area contributed by atoms with Crippen molar-refractivity contribution >= 4 is 12.1 Å². The number of nitrogens with one attached hydrogen (secondary N) is 1. The molecular formula is C24H20N4O6. The van der Waals surface area contributed by atoms with E-state index < -0.39 is 5.91 Å². The summed E-state index contributed by atoms with van der Waals surface area (Å²) in [6, 6.07) is 15.7. The van der Waals surface area contributed by atoms with Crippen molar-refractivity contribution in [3.63, 3.8) is 0 Å². The third kappa shape index (κ3) is 4.80. The topological polar surface area (TPSA) is 139 Å². The number of rotatable bonds is 7. The summed E-state index contributed by atoms with van der Waals surface area (Å²) in [5.74, 6) is 1.15. The third-order valence-electron chi connectivity index (χ3n) is 4.84. The second kappa shape index (κ2) is 9.74. The highest BCUT2D eigenvalue weighted by Gasteiger charge is 2.16. The van der Waals surface area contributed by atoms with E-state index in [4.69, 9.17) is 13.9 Å². The van der Waals surface area contributed by atoms with Crippen molar-refractivity contribution in [3.05, 3.63) is 71.8 Å². The minimum Gasteiger partial charge on any atom is -0.508 e. The number of aromatic nitrogens is 2. The van der Waals surface area contributed by atoms with Gasteiger partial charge in [-0.2, -0.15) is 5.10 Å². The van der Waals surface area contributed by atoms with E-state index in [-0.39, 0.29) is 28.8 Å². The Hall–Kier alpha value is -4.86. The van der Waals surface area contributed by atoms with E-state index in [1.807, 2.05) is 0 Å². The molecule has 0 unspecified atom stereocenters. The fraction of sp³-hybridized carbons (Fsp3) is 0.0833. The van der Waals surface area contributed by atoms with Crippen LogP contribution < -0.4 is 14.9 Å². The molecule has 10 nitrogen and oxygen atoms in total. The van der Waals surface area contributed by atoms with Gasteiger partial charge in [0.1, 0.15) is 23.0 Å². The third-order valence-corrected chi connectivity index (χ3v) is 4.84. The lowest BCUT2D eigenvalue weighted by atomic mass is 10.1. The van der Waals surface area contributed by atoms with E-state index in [1.54, 1.807) is 49.6 Å². The summed E-state index contributed by atoms with van der Waals surface area (Å²) in [6.45, 7) is 0. The van der Waals surface area contributed by atoms with Crippen LogP contribution >= 0.6 is 0 Å². The summed E-state index contributed by atoms with van der Waals surface area (Å²) in [7, 11) is 3.10. The molecule has 1 aromatic heterocycles. The molecule has 3 N–H and O–H groups in total. The predicted octanol–water partition coefficient (Wildman–Crippen LogP) is 3.60. The number of amides is 1. The average Bonchev–Trinajstić information content (AvgIpc) is 3.35. The van der Waals surface area contributed by atoms with Crippen molar-refractivity contribution < 1.29 is 28.9 Å². The number of benzene rings is 3. The maximum atomic E-state index is 12.3. The van der Waals surface area contributed by atoms with Crippen LogP contribution in [0.5, 0.6) is 23.0 Å². The molecule has 0 radical (unpaired) electrons. The minimum absolute atomic E-state index is 0.0317. The zero-order valence-corrected chi connectivity index (χ0v) is 18.2. The van der Waals surface area contributed by atoms with Crippen LogP contribution in [0.1, 0.15) is 15.9 Å². The van der Waals surface area contributed by atoms with Gasteiger partial charge in [0.15, 0.2) is 0 Å². The first-order valence-electron chi connectivity index (χ1n) is 10.00. The number of phenolic OH excluding ortho intramolecular Hbond substituents is 2. The summed E-state index contributed by atoms with van der Waals surface area (Å²) in [4.78, 5) is 12.3. The number of methoxy groups -OCH3 is 2. The molecule has 0 aliphatic heterocycles. The number of aromatic hydroxyl groups is 2. The normalized spacial score (nSPS) is 10.9. The van der Waals surface area contributed by atoms with Gasteiger partial charge in [-0.05, 0) is 54.6 Å². The van der Waals surface area contributed by atoms with E-state index in [9.17, 15) is 15.0 Å². The number of nitrogens with zero attached hydrogens (tertiary/aromatic N) is 3. The highest BCUT2D eigenvalue weighted by Crippen LogP contribution is 2.33. The lowest BCUT2D eigenvalue weighted by Gasteiger charge is -2.07. The molecule has 0 saturated carbocycles. The number of ether oxygens (including phenoxy) is 2. The molecule has 10 heteroatoms. The van der Waals surface area contributed by atoms with Crippen molar-refractivity contribution in [1.29, 1.82) is 0 Å². The Morgan fingerprint density at radius 3 is 2.47 bits per heavy atom. The largest absolute Gasteiger partial charge is 0.508 e. The molecule has 0 spiro atoms.